The molecule has 0 spiro atoms. The molecule has 1 aromatic carbocycles. The number of ether oxygens (including phenoxy) is 1. The highest BCUT2D eigenvalue weighted by Crippen LogP contribution is 2.24. The van der Waals surface area contributed by atoms with Crippen molar-refractivity contribution in [1.82, 2.24) is 0 Å². The number of ketones is 1. The molecule has 0 N–H and O–H groups in total. The van der Waals surface area contributed by atoms with E-state index in [0.717, 1.165) is 0 Å². The van der Waals surface area contributed by atoms with Gasteiger partial charge in [0.25, 0.3) is 0 Å². The summed E-state index contributed by atoms with van der Waals surface area (Å²) in [5, 5.41) is 0. The minimum absolute atomic E-state index is 0.0454. The van der Waals surface area contributed by atoms with Gasteiger partial charge in [-0.1, -0.05) is 30.3 Å². The van der Waals surface area contributed by atoms with Gasteiger partial charge in [0.2, 0.25) is 0 Å². The average molecular weight is 220 g/mol. The number of carbonyl (C=O) groups is 2. The summed E-state index contributed by atoms with van der Waals surface area (Å²) in [4.78, 5) is 23.3. The summed E-state index contributed by atoms with van der Waals surface area (Å²) in [6, 6.07) is 8.95. The lowest BCUT2D eigenvalue weighted by Gasteiger charge is -2.20. The number of hydrogen-bond acceptors (Lipinski definition) is 3. The molecule has 16 heavy (non-hydrogen) atoms. The number of methoxy groups -OCH3 is 1. The molecule has 1 aromatic rings. The number of Topliss-reactive ketones (excluding diaryl/α,β-unsaturated/α-hetero) is 1. The molecule has 0 heterocycles. The molecule has 0 aliphatic carbocycles. The second kappa shape index (κ2) is 4.92. The maximum atomic E-state index is 11.9. The van der Waals surface area contributed by atoms with Crippen molar-refractivity contribution in [2.75, 3.05) is 7.11 Å². The van der Waals surface area contributed by atoms with E-state index in [1.54, 1.807) is 38.1 Å². The molecule has 3 nitrogen and oxygen atoms in total. The quantitative estimate of drug-likeness (QED) is 0.578. The molecule has 0 saturated carbocycles. The molecule has 0 saturated heterocycles. The molecule has 0 aliphatic rings. The summed E-state index contributed by atoms with van der Waals surface area (Å²) in [6.45, 7) is 3.42. The molecule has 0 unspecified atom stereocenters. The first-order chi connectivity index (χ1) is 7.47. The van der Waals surface area contributed by atoms with Crippen LogP contribution in [0.25, 0.3) is 0 Å². The fourth-order valence-electron chi connectivity index (χ4n) is 1.48. The van der Waals surface area contributed by atoms with Crippen molar-refractivity contribution in [2.45, 2.75) is 20.3 Å². The zero-order chi connectivity index (χ0) is 12.2. The summed E-state index contributed by atoms with van der Waals surface area (Å²) >= 11 is 0. The van der Waals surface area contributed by atoms with Gasteiger partial charge in [0, 0.05) is 12.0 Å². The van der Waals surface area contributed by atoms with E-state index in [9.17, 15) is 9.59 Å². The van der Waals surface area contributed by atoms with E-state index in [4.69, 9.17) is 0 Å². The minimum Gasteiger partial charge on any atom is -0.469 e. The lowest BCUT2D eigenvalue weighted by molar-refractivity contribution is -0.150. The van der Waals surface area contributed by atoms with E-state index < -0.39 is 5.41 Å². The van der Waals surface area contributed by atoms with Crippen molar-refractivity contribution in [3.63, 3.8) is 0 Å². The largest absolute Gasteiger partial charge is 0.469 e. The van der Waals surface area contributed by atoms with Crippen molar-refractivity contribution >= 4 is 11.8 Å². The third-order valence-corrected chi connectivity index (χ3v) is 2.44. The first-order valence-corrected chi connectivity index (χ1v) is 5.14. The Morgan fingerprint density at radius 1 is 1.19 bits per heavy atom. The molecule has 0 amide bonds. The maximum Gasteiger partial charge on any atom is 0.311 e. The predicted molar refractivity (Wildman–Crippen MR) is 61.2 cm³/mol. The van der Waals surface area contributed by atoms with Crippen LogP contribution in [0.4, 0.5) is 0 Å². The highest BCUT2D eigenvalue weighted by molar-refractivity contribution is 5.98. The van der Waals surface area contributed by atoms with Crippen LogP contribution in [-0.2, 0) is 9.53 Å². The Hall–Kier alpha value is -1.64. The van der Waals surface area contributed by atoms with Crippen LogP contribution in [0.15, 0.2) is 30.3 Å². The van der Waals surface area contributed by atoms with Crippen LogP contribution in [0.5, 0.6) is 0 Å². The van der Waals surface area contributed by atoms with Gasteiger partial charge in [-0.25, -0.2) is 0 Å². The molecule has 0 atom stereocenters. The van der Waals surface area contributed by atoms with Crippen LogP contribution in [0.2, 0.25) is 0 Å². The third kappa shape index (κ3) is 2.92. The molecule has 0 fully saturated rings. The summed E-state index contributed by atoms with van der Waals surface area (Å²) in [6.07, 6.45) is 0.156. The normalized spacial score (nSPS) is 10.9. The lowest BCUT2D eigenvalue weighted by Crippen LogP contribution is -2.28. The lowest BCUT2D eigenvalue weighted by atomic mass is 9.85. The molecular weight excluding hydrogens is 204 g/mol. The minimum atomic E-state index is -0.776. The second-order valence-electron chi connectivity index (χ2n) is 4.34. The van der Waals surface area contributed by atoms with Crippen LogP contribution in [0.3, 0.4) is 0 Å². The van der Waals surface area contributed by atoms with Crippen LogP contribution in [0, 0.1) is 5.41 Å². The fraction of sp³-hybridized carbons (Fsp3) is 0.385. The number of benzene rings is 1. The molecule has 3 heteroatoms. The summed E-state index contributed by atoms with van der Waals surface area (Å²) in [7, 11) is 1.33. The van der Waals surface area contributed by atoms with Gasteiger partial charge < -0.3 is 4.74 Å². The van der Waals surface area contributed by atoms with E-state index in [2.05, 4.69) is 4.74 Å². The van der Waals surface area contributed by atoms with Gasteiger partial charge in [-0.15, -0.1) is 0 Å². The smallest absolute Gasteiger partial charge is 0.311 e. The summed E-state index contributed by atoms with van der Waals surface area (Å²) in [5.74, 6) is -0.409. The van der Waals surface area contributed by atoms with E-state index in [1.165, 1.54) is 7.11 Å². The molecule has 0 bridgehead atoms. The second-order valence-corrected chi connectivity index (χ2v) is 4.34. The monoisotopic (exact) mass is 220 g/mol. The molecule has 0 radical (unpaired) electrons. The molecule has 86 valence electrons. The van der Waals surface area contributed by atoms with Gasteiger partial charge in [0.05, 0.1) is 12.5 Å². The first-order valence-electron chi connectivity index (χ1n) is 5.14. The SMILES string of the molecule is COC(=O)C(C)(C)CC(=O)c1ccccc1. The van der Waals surface area contributed by atoms with Crippen LogP contribution in [-0.4, -0.2) is 18.9 Å². The molecule has 0 aromatic heterocycles. The zero-order valence-electron chi connectivity index (χ0n) is 9.82. The summed E-state index contributed by atoms with van der Waals surface area (Å²) < 4.78 is 4.66. The Kier molecular flexibility index (Phi) is 3.82. The maximum absolute atomic E-state index is 11.9. The van der Waals surface area contributed by atoms with Crippen molar-refractivity contribution in [1.29, 1.82) is 0 Å². The topological polar surface area (TPSA) is 43.4 Å². The van der Waals surface area contributed by atoms with Gasteiger partial charge in [-0.2, -0.15) is 0 Å². The third-order valence-electron chi connectivity index (χ3n) is 2.44. The molecule has 1 rings (SSSR count). The standard InChI is InChI=1S/C13H16O3/c1-13(2,12(15)16-3)9-11(14)10-7-5-4-6-8-10/h4-8H,9H2,1-3H3. The predicted octanol–water partition coefficient (Wildman–Crippen LogP) is 2.46. The number of carbonyl (C=O) groups excluding carboxylic acids is 2. The van der Waals surface area contributed by atoms with E-state index in [-0.39, 0.29) is 18.2 Å². The van der Waals surface area contributed by atoms with E-state index in [0.29, 0.717) is 5.56 Å². The van der Waals surface area contributed by atoms with Crippen molar-refractivity contribution in [3.8, 4) is 0 Å². The van der Waals surface area contributed by atoms with Gasteiger partial charge >= 0.3 is 5.97 Å². The Morgan fingerprint density at radius 2 is 1.75 bits per heavy atom. The van der Waals surface area contributed by atoms with Crippen molar-refractivity contribution in [3.05, 3.63) is 35.9 Å². The zero-order valence-corrected chi connectivity index (χ0v) is 9.82. The summed E-state index contributed by atoms with van der Waals surface area (Å²) in [5.41, 5.74) is -0.152. The van der Waals surface area contributed by atoms with Gasteiger partial charge in [-0.05, 0) is 13.8 Å². The highest BCUT2D eigenvalue weighted by Gasteiger charge is 2.31. The van der Waals surface area contributed by atoms with Gasteiger partial charge in [0.15, 0.2) is 5.78 Å². The van der Waals surface area contributed by atoms with Crippen molar-refractivity contribution in [2.24, 2.45) is 5.41 Å². The number of hydrogen-bond donors (Lipinski definition) is 0. The fourth-order valence-corrected chi connectivity index (χ4v) is 1.48. The Morgan fingerprint density at radius 3 is 2.25 bits per heavy atom. The molecular formula is C13H16O3. The van der Waals surface area contributed by atoms with Crippen LogP contribution >= 0.6 is 0 Å². The Bertz CT molecular complexity index is 379. The van der Waals surface area contributed by atoms with E-state index >= 15 is 0 Å². The van der Waals surface area contributed by atoms with Crippen LogP contribution in [0.1, 0.15) is 30.6 Å². The molecule has 0 aliphatic heterocycles. The van der Waals surface area contributed by atoms with Crippen molar-refractivity contribution < 1.29 is 14.3 Å². The Balaban J connectivity index is 2.76. The van der Waals surface area contributed by atoms with Gasteiger partial charge in [-0.3, -0.25) is 9.59 Å². The van der Waals surface area contributed by atoms with E-state index in [1.807, 2.05) is 6.07 Å². The Labute approximate surface area is 95.4 Å². The first kappa shape index (κ1) is 12.4. The highest BCUT2D eigenvalue weighted by atomic mass is 16.5. The van der Waals surface area contributed by atoms with Gasteiger partial charge in [0.1, 0.15) is 0 Å². The number of esters is 1. The number of rotatable bonds is 4. The van der Waals surface area contributed by atoms with Crippen LogP contribution < -0.4 is 0 Å². The average Bonchev–Trinajstić information content (AvgIpc) is 2.28.